The third-order valence-corrected chi connectivity index (χ3v) is 9.72. The van der Waals surface area contributed by atoms with Gasteiger partial charge < -0.3 is 4.90 Å². The Morgan fingerprint density at radius 3 is 2.17 bits per heavy atom. The Morgan fingerprint density at radius 2 is 1.57 bits per heavy atom. The van der Waals surface area contributed by atoms with Gasteiger partial charge in [0.2, 0.25) is 11.8 Å². The van der Waals surface area contributed by atoms with Gasteiger partial charge in [-0.15, -0.1) is 0 Å². The molecule has 1 atom stereocenters. The zero-order chi connectivity index (χ0) is 24.3. The minimum absolute atomic E-state index is 0.00732. The first-order valence-corrected chi connectivity index (χ1v) is 14.0. The van der Waals surface area contributed by atoms with E-state index in [1.165, 1.54) is 24.2 Å². The molecule has 0 N–H and O–H groups in total. The lowest BCUT2D eigenvalue weighted by atomic mass is 9.49. The summed E-state index contributed by atoms with van der Waals surface area (Å²) in [6, 6.07) is 14.0. The summed E-state index contributed by atoms with van der Waals surface area (Å²) in [7, 11) is 0. The number of halogens is 2. The maximum absolute atomic E-state index is 14.4. The van der Waals surface area contributed by atoms with Gasteiger partial charge in [-0.1, -0.05) is 29.8 Å². The number of hydrogen-bond donors (Lipinski definition) is 0. The maximum Gasteiger partial charge on any atom is 0.257 e. The Morgan fingerprint density at radius 1 is 0.971 bits per heavy atom. The molecule has 3 amide bonds. The van der Waals surface area contributed by atoms with Crippen molar-refractivity contribution >= 4 is 57.6 Å². The molecule has 7 rings (SSSR count). The second-order valence-electron chi connectivity index (χ2n) is 11.0. The molecule has 1 heterocycles. The van der Waals surface area contributed by atoms with Crippen molar-refractivity contribution in [1.82, 2.24) is 4.90 Å². The smallest absolute Gasteiger partial charge is 0.257 e. The molecule has 1 unspecified atom stereocenters. The number of carbonyl (C=O) groups is 3. The lowest BCUT2D eigenvalue weighted by Gasteiger charge is -2.57. The van der Waals surface area contributed by atoms with Gasteiger partial charge >= 0.3 is 0 Å². The molecule has 7 heteroatoms. The quantitative estimate of drug-likeness (QED) is 0.320. The third kappa shape index (κ3) is 4.10. The Bertz CT molecular complexity index is 1160. The molecule has 1 aliphatic heterocycles. The summed E-state index contributed by atoms with van der Waals surface area (Å²) in [6.07, 6.45) is 6.44. The van der Waals surface area contributed by atoms with Crippen molar-refractivity contribution in [2.24, 2.45) is 23.2 Å². The number of rotatable bonds is 5. The highest BCUT2D eigenvalue weighted by molar-refractivity contribution is 14.1. The van der Waals surface area contributed by atoms with Crippen LogP contribution in [0.15, 0.2) is 48.5 Å². The van der Waals surface area contributed by atoms with Crippen molar-refractivity contribution in [3.8, 4) is 0 Å². The van der Waals surface area contributed by atoms with Crippen molar-refractivity contribution in [3.05, 3.63) is 62.7 Å². The fourth-order valence-corrected chi connectivity index (χ4v) is 8.09. The van der Waals surface area contributed by atoms with Gasteiger partial charge in [-0.05, 0) is 115 Å². The molecule has 35 heavy (non-hydrogen) atoms. The Kier molecular flexibility index (Phi) is 5.95. The highest BCUT2D eigenvalue weighted by Crippen LogP contribution is 2.60. The molecule has 1 saturated heterocycles. The van der Waals surface area contributed by atoms with Crippen LogP contribution in [0.4, 0.5) is 5.69 Å². The molecule has 5 fully saturated rings. The van der Waals surface area contributed by atoms with Crippen LogP contribution in [-0.4, -0.2) is 28.7 Å². The summed E-state index contributed by atoms with van der Waals surface area (Å²) < 4.78 is 1.03. The molecule has 5 nitrogen and oxygen atoms in total. The van der Waals surface area contributed by atoms with Crippen LogP contribution in [0.25, 0.3) is 0 Å². The van der Waals surface area contributed by atoms with Crippen LogP contribution in [0.3, 0.4) is 0 Å². The summed E-state index contributed by atoms with van der Waals surface area (Å²) in [5.74, 6) is 1.29. The molecule has 2 aromatic rings. The van der Waals surface area contributed by atoms with Crippen molar-refractivity contribution < 1.29 is 14.4 Å². The van der Waals surface area contributed by atoms with E-state index in [2.05, 4.69) is 22.6 Å². The van der Waals surface area contributed by atoms with Gasteiger partial charge in [-0.2, -0.15) is 0 Å². The average Bonchev–Trinajstić information content (AvgIpc) is 3.11. The SMILES string of the molecule is O=C1CC(N(Cc2ccccc2Cl)C(=O)C23CC4CC(CC(C4)C2)C3)C(=O)N1c1ccc(I)cc1. The fourth-order valence-electron chi connectivity index (χ4n) is 7.53. The van der Waals surface area contributed by atoms with E-state index in [-0.39, 0.29) is 30.7 Å². The van der Waals surface area contributed by atoms with Crippen LogP contribution < -0.4 is 4.90 Å². The highest BCUT2D eigenvalue weighted by atomic mass is 127. The summed E-state index contributed by atoms with van der Waals surface area (Å²) in [5.41, 5.74) is 0.957. The first-order valence-electron chi connectivity index (χ1n) is 12.5. The molecule has 0 aromatic heterocycles. The Labute approximate surface area is 224 Å². The van der Waals surface area contributed by atoms with Crippen LogP contribution in [0.5, 0.6) is 0 Å². The monoisotopic (exact) mass is 602 g/mol. The number of nitrogens with zero attached hydrogens (tertiary/aromatic N) is 2. The molecule has 2 aromatic carbocycles. The van der Waals surface area contributed by atoms with E-state index in [0.717, 1.165) is 28.4 Å². The second kappa shape index (κ2) is 8.87. The first kappa shape index (κ1) is 23.5. The van der Waals surface area contributed by atoms with Crippen LogP contribution >= 0.6 is 34.2 Å². The Hall–Kier alpha value is -1.93. The standard InChI is InChI=1S/C28H28ClIN2O3/c29-23-4-2-1-3-20(23)16-31(27(35)28-13-17-9-18(14-28)11-19(10-17)15-28)24-12-25(33)32(26(24)34)22-7-5-21(30)6-8-22/h1-8,17-19,24H,9-16H2. The average molecular weight is 603 g/mol. The second-order valence-corrected chi connectivity index (χ2v) is 12.6. The van der Waals surface area contributed by atoms with E-state index in [9.17, 15) is 14.4 Å². The first-order chi connectivity index (χ1) is 16.8. The van der Waals surface area contributed by atoms with Gasteiger partial charge in [0, 0.05) is 15.1 Å². The summed E-state index contributed by atoms with van der Waals surface area (Å²) >= 11 is 8.70. The molecule has 4 saturated carbocycles. The molecule has 4 bridgehead atoms. The highest BCUT2D eigenvalue weighted by Gasteiger charge is 2.57. The van der Waals surface area contributed by atoms with Gasteiger partial charge in [0.15, 0.2) is 0 Å². The van der Waals surface area contributed by atoms with Gasteiger partial charge in [0.05, 0.1) is 17.5 Å². The number of hydrogen-bond acceptors (Lipinski definition) is 3. The lowest BCUT2D eigenvalue weighted by Crippen LogP contribution is -2.57. The van der Waals surface area contributed by atoms with Gasteiger partial charge in [0.1, 0.15) is 6.04 Å². The molecule has 0 spiro atoms. The summed E-state index contributed by atoms with van der Waals surface area (Å²) in [6.45, 7) is 0.241. The minimum atomic E-state index is -0.807. The summed E-state index contributed by atoms with van der Waals surface area (Å²) in [5, 5.41) is 0.571. The van der Waals surface area contributed by atoms with E-state index < -0.39 is 11.5 Å². The van der Waals surface area contributed by atoms with Crippen LogP contribution in [0, 0.1) is 26.7 Å². The lowest BCUT2D eigenvalue weighted by molar-refractivity contribution is -0.162. The van der Waals surface area contributed by atoms with Crippen molar-refractivity contribution in [2.45, 2.75) is 57.5 Å². The minimum Gasteiger partial charge on any atom is -0.325 e. The van der Waals surface area contributed by atoms with Gasteiger partial charge in [-0.25, -0.2) is 4.90 Å². The van der Waals surface area contributed by atoms with E-state index in [0.29, 0.717) is 28.5 Å². The number of imide groups is 1. The normalized spacial score (nSPS) is 31.3. The molecule has 182 valence electrons. The third-order valence-electron chi connectivity index (χ3n) is 8.64. The summed E-state index contributed by atoms with van der Waals surface area (Å²) in [4.78, 5) is 44.2. The van der Waals surface area contributed by atoms with Crippen LogP contribution in [0.1, 0.15) is 50.5 Å². The molecular weight excluding hydrogens is 575 g/mol. The zero-order valence-corrected chi connectivity index (χ0v) is 22.4. The number of benzene rings is 2. The Balaban J connectivity index is 1.36. The topological polar surface area (TPSA) is 57.7 Å². The number of anilines is 1. The molecular formula is C28H28ClIN2O3. The van der Waals surface area contributed by atoms with E-state index in [1.807, 2.05) is 36.4 Å². The largest absolute Gasteiger partial charge is 0.325 e. The van der Waals surface area contributed by atoms with Gasteiger partial charge in [-0.3, -0.25) is 14.4 Å². The van der Waals surface area contributed by atoms with E-state index in [4.69, 9.17) is 11.6 Å². The van der Waals surface area contributed by atoms with Gasteiger partial charge in [0.25, 0.3) is 5.91 Å². The zero-order valence-electron chi connectivity index (χ0n) is 19.5. The van der Waals surface area contributed by atoms with Crippen molar-refractivity contribution in [2.75, 3.05) is 4.90 Å². The van der Waals surface area contributed by atoms with Crippen molar-refractivity contribution in [1.29, 1.82) is 0 Å². The van der Waals surface area contributed by atoms with Crippen LogP contribution in [-0.2, 0) is 20.9 Å². The van der Waals surface area contributed by atoms with E-state index >= 15 is 0 Å². The van der Waals surface area contributed by atoms with Crippen molar-refractivity contribution in [3.63, 3.8) is 0 Å². The van der Waals surface area contributed by atoms with E-state index in [1.54, 1.807) is 17.0 Å². The molecule has 5 aliphatic rings. The number of carbonyl (C=O) groups excluding carboxylic acids is 3. The molecule has 4 aliphatic carbocycles. The number of amides is 3. The maximum atomic E-state index is 14.4. The molecule has 0 radical (unpaired) electrons. The van der Waals surface area contributed by atoms with Crippen LogP contribution in [0.2, 0.25) is 5.02 Å². The fraction of sp³-hybridized carbons (Fsp3) is 0.464. The predicted molar refractivity (Wildman–Crippen MR) is 143 cm³/mol. The predicted octanol–water partition coefficient (Wildman–Crippen LogP) is 5.82.